The second-order valence-electron chi connectivity index (χ2n) is 4.27. The van der Waals surface area contributed by atoms with Crippen molar-refractivity contribution >= 4 is 11.9 Å². The van der Waals surface area contributed by atoms with E-state index in [0.717, 1.165) is 11.1 Å². The third-order valence-electron chi connectivity index (χ3n) is 2.97. The molecule has 2 aromatic rings. The third kappa shape index (κ3) is 2.96. The summed E-state index contributed by atoms with van der Waals surface area (Å²) in [6.45, 7) is 1.94. The molecule has 0 aliphatic heterocycles. The highest BCUT2D eigenvalue weighted by Crippen LogP contribution is 2.29. The van der Waals surface area contributed by atoms with Crippen molar-refractivity contribution in [2.75, 3.05) is 14.2 Å². The van der Waals surface area contributed by atoms with Crippen LogP contribution in [-0.2, 0) is 0 Å². The lowest BCUT2D eigenvalue weighted by molar-refractivity contribution is 0.354. The van der Waals surface area contributed by atoms with Gasteiger partial charge in [-0.15, -0.1) is 0 Å². The Morgan fingerprint density at radius 3 is 2.35 bits per heavy atom. The first kappa shape index (κ1) is 14.1. The zero-order valence-electron chi connectivity index (χ0n) is 11.7. The first-order valence-electron chi connectivity index (χ1n) is 6.17. The summed E-state index contributed by atoms with van der Waals surface area (Å²) in [6.07, 6.45) is 1.62. The number of hydrogen-bond acceptors (Lipinski definition) is 3. The van der Waals surface area contributed by atoms with Gasteiger partial charge in [0.05, 0.1) is 19.9 Å². The lowest BCUT2D eigenvalue weighted by Gasteiger charge is -2.10. The Balaban J connectivity index is 2.36. The molecule has 20 heavy (non-hydrogen) atoms. The maximum Gasteiger partial charge on any atom is 0.161 e. The lowest BCUT2D eigenvalue weighted by Crippen LogP contribution is -1.95. The van der Waals surface area contributed by atoms with Crippen LogP contribution in [0.25, 0.3) is 0 Å². The highest BCUT2D eigenvalue weighted by Gasteiger charge is 2.07. The van der Waals surface area contributed by atoms with E-state index < -0.39 is 0 Å². The molecule has 2 rings (SSSR count). The minimum Gasteiger partial charge on any atom is -0.493 e. The van der Waals surface area contributed by atoms with E-state index in [9.17, 15) is 4.39 Å². The number of hydrogen-bond donors (Lipinski definition) is 0. The zero-order valence-corrected chi connectivity index (χ0v) is 11.7. The molecule has 0 saturated heterocycles. The summed E-state index contributed by atoms with van der Waals surface area (Å²) in [6, 6.07) is 10.1. The van der Waals surface area contributed by atoms with Crippen molar-refractivity contribution in [3.8, 4) is 11.5 Å². The predicted octanol–water partition coefficient (Wildman–Crippen LogP) is 3.90. The van der Waals surface area contributed by atoms with Crippen LogP contribution in [0.3, 0.4) is 0 Å². The van der Waals surface area contributed by atoms with E-state index in [1.54, 1.807) is 38.6 Å². The second-order valence-corrected chi connectivity index (χ2v) is 4.27. The van der Waals surface area contributed by atoms with Gasteiger partial charge in [-0.3, -0.25) is 4.99 Å². The largest absolute Gasteiger partial charge is 0.493 e. The van der Waals surface area contributed by atoms with Gasteiger partial charge in [0, 0.05) is 6.21 Å². The van der Waals surface area contributed by atoms with Crippen LogP contribution in [0.1, 0.15) is 11.1 Å². The van der Waals surface area contributed by atoms with Crippen molar-refractivity contribution in [3.63, 3.8) is 0 Å². The van der Waals surface area contributed by atoms with Crippen molar-refractivity contribution in [2.45, 2.75) is 6.92 Å². The summed E-state index contributed by atoms with van der Waals surface area (Å²) in [4.78, 5) is 4.17. The Labute approximate surface area is 117 Å². The lowest BCUT2D eigenvalue weighted by atomic mass is 10.1. The number of rotatable bonds is 4. The number of aryl methyl sites for hydroxylation is 1. The molecule has 0 N–H and O–H groups in total. The molecule has 0 heterocycles. The minimum absolute atomic E-state index is 0.307. The van der Waals surface area contributed by atoms with Crippen LogP contribution < -0.4 is 9.47 Å². The van der Waals surface area contributed by atoms with E-state index in [-0.39, 0.29) is 5.82 Å². The van der Waals surface area contributed by atoms with Gasteiger partial charge in [-0.2, -0.15) is 0 Å². The molecule has 0 fully saturated rings. The molecule has 0 aliphatic carbocycles. The van der Waals surface area contributed by atoms with E-state index in [1.807, 2.05) is 19.1 Å². The van der Waals surface area contributed by atoms with Crippen LogP contribution >= 0.6 is 0 Å². The van der Waals surface area contributed by atoms with E-state index >= 15 is 0 Å². The third-order valence-corrected chi connectivity index (χ3v) is 2.97. The molecular formula is C16H16FNO2. The summed E-state index contributed by atoms with van der Waals surface area (Å²) >= 11 is 0. The van der Waals surface area contributed by atoms with E-state index in [2.05, 4.69) is 4.99 Å². The van der Waals surface area contributed by atoms with Crippen molar-refractivity contribution in [2.24, 2.45) is 4.99 Å². The Morgan fingerprint density at radius 2 is 1.70 bits per heavy atom. The number of ether oxygens (including phenoxy) is 2. The molecule has 104 valence electrons. The zero-order chi connectivity index (χ0) is 14.5. The van der Waals surface area contributed by atoms with Gasteiger partial charge >= 0.3 is 0 Å². The first-order chi connectivity index (χ1) is 9.65. The summed E-state index contributed by atoms with van der Waals surface area (Å²) in [5.74, 6) is 0.933. The average molecular weight is 273 g/mol. The van der Waals surface area contributed by atoms with Crippen LogP contribution in [0.2, 0.25) is 0 Å². The van der Waals surface area contributed by atoms with Gasteiger partial charge in [-0.25, -0.2) is 4.39 Å². The summed E-state index contributed by atoms with van der Waals surface area (Å²) in [7, 11) is 3.16. The van der Waals surface area contributed by atoms with Crippen molar-refractivity contribution in [1.29, 1.82) is 0 Å². The molecule has 0 spiro atoms. The number of aliphatic imine (C=N–C) groups is 1. The fourth-order valence-electron chi connectivity index (χ4n) is 1.83. The molecule has 0 aromatic heterocycles. The van der Waals surface area contributed by atoms with Crippen molar-refractivity contribution < 1.29 is 13.9 Å². The molecule has 0 amide bonds. The van der Waals surface area contributed by atoms with Gasteiger partial charge in [0.2, 0.25) is 0 Å². The molecule has 0 bridgehead atoms. The summed E-state index contributed by atoms with van der Waals surface area (Å²) in [5.41, 5.74) is 2.13. The topological polar surface area (TPSA) is 30.8 Å². The molecule has 4 heteroatoms. The van der Waals surface area contributed by atoms with Crippen molar-refractivity contribution in [1.82, 2.24) is 0 Å². The fraction of sp³-hybridized carbons (Fsp3) is 0.188. The first-order valence-corrected chi connectivity index (χ1v) is 6.17. The molecule has 2 aromatic carbocycles. The predicted molar refractivity (Wildman–Crippen MR) is 77.9 cm³/mol. The van der Waals surface area contributed by atoms with Gasteiger partial charge in [-0.1, -0.05) is 12.1 Å². The Bertz CT molecular complexity index is 638. The van der Waals surface area contributed by atoms with Crippen LogP contribution in [-0.4, -0.2) is 20.4 Å². The summed E-state index contributed by atoms with van der Waals surface area (Å²) < 4.78 is 24.0. The van der Waals surface area contributed by atoms with E-state index in [4.69, 9.17) is 9.47 Å². The Hall–Kier alpha value is -2.36. The molecular weight excluding hydrogens is 257 g/mol. The van der Waals surface area contributed by atoms with Crippen molar-refractivity contribution in [3.05, 3.63) is 53.3 Å². The van der Waals surface area contributed by atoms with Crippen LogP contribution in [0.4, 0.5) is 10.1 Å². The van der Waals surface area contributed by atoms with E-state index in [1.165, 1.54) is 6.07 Å². The molecule has 0 unspecified atom stereocenters. The number of halogens is 1. The standard InChI is InChI=1S/C16H16FNO2/c1-11-8-15(19-2)16(20-3)9-12(11)10-18-14-7-5-4-6-13(14)17/h4-10H,1-3H3. The molecule has 0 atom stereocenters. The van der Waals surface area contributed by atoms with Gasteiger partial charge in [0.25, 0.3) is 0 Å². The maximum atomic E-state index is 13.5. The number of nitrogens with zero attached hydrogens (tertiary/aromatic N) is 1. The van der Waals surface area contributed by atoms with Gasteiger partial charge in [-0.05, 0) is 42.3 Å². The average Bonchev–Trinajstić information content (AvgIpc) is 2.47. The maximum absolute atomic E-state index is 13.5. The van der Waals surface area contributed by atoms with Crippen LogP contribution in [0, 0.1) is 12.7 Å². The molecule has 0 radical (unpaired) electrons. The normalized spacial score (nSPS) is 10.8. The molecule has 0 aliphatic rings. The molecule has 0 saturated carbocycles. The Morgan fingerprint density at radius 1 is 1.05 bits per heavy atom. The van der Waals surface area contributed by atoms with E-state index in [0.29, 0.717) is 17.2 Å². The number of methoxy groups -OCH3 is 2. The number of benzene rings is 2. The molecule has 3 nitrogen and oxygen atoms in total. The summed E-state index contributed by atoms with van der Waals surface area (Å²) in [5, 5.41) is 0. The van der Waals surface area contributed by atoms with Gasteiger partial charge < -0.3 is 9.47 Å². The fourth-order valence-corrected chi connectivity index (χ4v) is 1.83. The van der Waals surface area contributed by atoms with Crippen LogP contribution in [0.15, 0.2) is 41.4 Å². The smallest absolute Gasteiger partial charge is 0.161 e. The quantitative estimate of drug-likeness (QED) is 0.791. The minimum atomic E-state index is -0.345. The highest BCUT2D eigenvalue weighted by molar-refractivity contribution is 5.85. The van der Waals surface area contributed by atoms with Gasteiger partial charge in [0.1, 0.15) is 5.82 Å². The Kier molecular flexibility index (Phi) is 4.35. The highest BCUT2D eigenvalue weighted by atomic mass is 19.1. The second kappa shape index (κ2) is 6.19. The monoisotopic (exact) mass is 273 g/mol. The SMILES string of the molecule is COc1cc(C)c(C=Nc2ccccc2F)cc1OC. The van der Waals surface area contributed by atoms with Crippen LogP contribution in [0.5, 0.6) is 11.5 Å². The number of para-hydroxylation sites is 1. The van der Waals surface area contributed by atoms with Gasteiger partial charge in [0.15, 0.2) is 11.5 Å².